The predicted molar refractivity (Wildman–Crippen MR) is 171 cm³/mol. The second-order valence-electron chi connectivity index (χ2n) is 9.23. The Balaban J connectivity index is -0.0000000563. The van der Waals surface area contributed by atoms with Gasteiger partial charge in [-0.3, -0.25) is 9.59 Å². The molecule has 2 unspecified atom stereocenters. The molecule has 0 amide bonds. The van der Waals surface area contributed by atoms with Crippen LogP contribution in [0.2, 0.25) is 39.3 Å². The van der Waals surface area contributed by atoms with Crippen LogP contribution in [0.5, 0.6) is 0 Å². The van der Waals surface area contributed by atoms with Gasteiger partial charge in [-0.25, -0.2) is 0 Å². The summed E-state index contributed by atoms with van der Waals surface area (Å²) in [6.07, 6.45) is 7.74. The van der Waals surface area contributed by atoms with Gasteiger partial charge in [0.15, 0.2) is 0 Å². The zero-order valence-corrected chi connectivity index (χ0v) is 38.8. The molecule has 14 nitrogen and oxygen atoms in total. The molecule has 1 heterocycles. The molecule has 0 N–H and O–H groups in total. The van der Waals surface area contributed by atoms with Crippen molar-refractivity contribution in [3.05, 3.63) is 88.5 Å². The molecule has 2 atom stereocenters. The van der Waals surface area contributed by atoms with Crippen LogP contribution < -0.4 is 0 Å². The van der Waals surface area contributed by atoms with Gasteiger partial charge >= 0.3 is 125 Å². The maximum atomic E-state index is 12.1. The molecule has 0 spiro atoms. The molecular formula is C30H40O14P2Si2W2+2. The van der Waals surface area contributed by atoms with Gasteiger partial charge < -0.3 is 9.47 Å². The van der Waals surface area contributed by atoms with Gasteiger partial charge in [-0.1, -0.05) is 39.3 Å². The summed E-state index contributed by atoms with van der Waals surface area (Å²) < 4.78 is 85.4. The van der Waals surface area contributed by atoms with E-state index in [9.17, 15) is 9.59 Å². The van der Waals surface area contributed by atoms with Gasteiger partial charge in [0, 0.05) is 42.1 Å². The van der Waals surface area contributed by atoms with Crippen molar-refractivity contribution in [2.75, 3.05) is 25.5 Å². The molecule has 0 aromatic carbocycles. The molecule has 0 bridgehead atoms. The minimum Gasteiger partial charge on any atom is 0 e. The molecule has 0 aromatic rings. The minimum atomic E-state index is -1.48. The number of esters is 2. The molecule has 0 aromatic heterocycles. The van der Waals surface area contributed by atoms with Crippen LogP contribution in [0.15, 0.2) is 22.0 Å². The summed E-state index contributed by atoms with van der Waals surface area (Å²) in [7, 11) is -4.66. The molecule has 0 saturated heterocycles. The van der Waals surface area contributed by atoms with E-state index in [2.05, 4.69) is 118 Å². The van der Waals surface area contributed by atoms with Crippen molar-refractivity contribution < 1.29 is 108 Å². The molecule has 0 radical (unpaired) electrons. The van der Waals surface area contributed by atoms with Gasteiger partial charge in [0.25, 0.3) is 0 Å². The number of ether oxygens (including phenoxy) is 2. The number of carbonyl (C=O) groups excluding carboxylic acids is 2. The van der Waals surface area contributed by atoms with E-state index < -0.39 is 31.4 Å². The van der Waals surface area contributed by atoms with E-state index in [-0.39, 0.29) is 54.1 Å². The zero-order chi connectivity index (χ0) is 41.5. The smallest absolute Gasteiger partial charge is 0 e. The summed E-state index contributed by atoms with van der Waals surface area (Å²) in [5, 5.41) is 0. The second-order valence-corrected chi connectivity index (χ2v) is 27.9. The van der Waals surface area contributed by atoms with E-state index >= 15 is 0 Å². The molecule has 0 fully saturated rings. The Bertz CT molecular complexity index is 909. The van der Waals surface area contributed by atoms with E-state index in [0.29, 0.717) is 26.1 Å². The SMILES string of the molecule is CCOC(=O)CC[PH+]1C([Si](C)(C)C)=CC=C([Si](C)(C)C)[PH+]1CCC(=O)OCC.[C-]#[O+].[C-]#[O+].[C-]#[O+].[C-]#[O+].[C-]#[O+].[C-]#[O+].[C-]#[O+].[C-]#[O+].[C-]#[O+].[C-]#[O+].[W].[W]. The van der Waals surface area contributed by atoms with Crippen molar-refractivity contribution in [2.45, 2.75) is 66.0 Å². The molecule has 50 heavy (non-hydrogen) atoms. The topological polar surface area (TPSA) is 252 Å². The molecule has 1 aliphatic rings. The molecule has 272 valence electrons. The standard InChI is InChI=1S/C20H40O4P2Si2.10CO.2W/c1-9-23-17(21)13-15-25-19(27(3,4)5)11-12-20(28(6,7)8)26(25)16-14-18(22)24-10-2;10*1-2;;/h11-12,25-26H,9-10,13-16H2,1-8H3;;;;;;;;;;;;/q+2;;;;;;;;;;;;. The van der Waals surface area contributed by atoms with Crippen LogP contribution >= 0.6 is 15.2 Å². The summed E-state index contributed by atoms with van der Waals surface area (Å²) in [6, 6.07) is 0. The Morgan fingerprint density at radius 3 is 0.820 bits per heavy atom. The summed E-state index contributed by atoms with van der Waals surface area (Å²) in [5.41, 5.74) is 0. The average molecular weight is 1110 g/mol. The molecular weight excluding hydrogens is 1070 g/mol. The van der Waals surface area contributed by atoms with E-state index in [1.54, 1.807) is 9.87 Å². The first-order valence-electron chi connectivity index (χ1n) is 12.4. The third-order valence-electron chi connectivity index (χ3n) is 4.82. The largest absolute Gasteiger partial charge is 0 e. The molecule has 20 heteroatoms. The quantitative estimate of drug-likeness (QED) is 0.0917. The van der Waals surface area contributed by atoms with E-state index in [0.717, 1.165) is 12.3 Å². The number of carbonyl (C=O) groups is 2. The van der Waals surface area contributed by atoms with Crippen molar-refractivity contribution in [1.29, 1.82) is 0 Å². The number of hydrogen-bond donors (Lipinski definition) is 0. The summed E-state index contributed by atoms with van der Waals surface area (Å²) >= 11 is 0. The van der Waals surface area contributed by atoms with E-state index in [1.807, 2.05) is 13.8 Å². The average Bonchev–Trinajstić information content (AvgIpc) is 3.14. The predicted octanol–water partition coefficient (Wildman–Crippen LogP) is 5.39. The summed E-state index contributed by atoms with van der Waals surface area (Å²) in [5.74, 6) is -0.156. The van der Waals surface area contributed by atoms with Crippen LogP contribution in [0.25, 0.3) is 0 Å². The van der Waals surface area contributed by atoms with Crippen molar-refractivity contribution in [2.24, 2.45) is 0 Å². The van der Waals surface area contributed by atoms with Crippen LogP contribution in [0, 0.1) is 66.5 Å². The fraction of sp³-hybridized carbons (Fsp3) is 0.467. The monoisotopic (exact) mass is 1110 g/mol. The van der Waals surface area contributed by atoms with Gasteiger partial charge in [0.1, 0.15) is 43.7 Å². The normalized spacial score (nSPS) is 11.8. The molecule has 1 aliphatic heterocycles. The first kappa shape index (κ1) is 82.1. The molecule has 1 rings (SSSR count). The van der Waals surface area contributed by atoms with Crippen molar-refractivity contribution in [1.82, 2.24) is 0 Å². The van der Waals surface area contributed by atoms with Gasteiger partial charge in [0.05, 0.1) is 35.9 Å². The number of rotatable bonds is 10. The first-order valence-corrected chi connectivity index (χ1v) is 23.8. The van der Waals surface area contributed by atoms with Crippen LogP contribution in [0.1, 0.15) is 26.7 Å². The zero-order valence-electron chi connectivity index (χ0n) is 28.9. The van der Waals surface area contributed by atoms with Crippen molar-refractivity contribution >= 4 is 43.3 Å². The van der Waals surface area contributed by atoms with Crippen LogP contribution in [-0.2, 0) is 108 Å². The van der Waals surface area contributed by atoms with Gasteiger partial charge in [-0.15, -0.1) is 0 Å². The Morgan fingerprint density at radius 2 is 0.680 bits per heavy atom. The third kappa shape index (κ3) is 50.9. The number of allylic oxidation sites excluding steroid dienone is 2. The summed E-state index contributed by atoms with van der Waals surface area (Å²) in [4.78, 5) is 27.5. The first-order chi connectivity index (χ1) is 22.9. The fourth-order valence-electron chi connectivity index (χ4n) is 3.59. The Kier molecular flexibility index (Phi) is 114. The maximum absolute atomic E-state index is 12.1. The third-order valence-corrected chi connectivity index (χ3v) is 25.4. The van der Waals surface area contributed by atoms with Crippen LogP contribution in [-0.4, -0.2) is 53.6 Å². The van der Waals surface area contributed by atoms with E-state index in [1.165, 1.54) is 0 Å². The maximum Gasteiger partial charge on any atom is 0 e. The van der Waals surface area contributed by atoms with Crippen LogP contribution in [0.3, 0.4) is 0 Å². The molecule has 0 aliphatic carbocycles. The Morgan fingerprint density at radius 1 is 0.500 bits per heavy atom. The molecule has 0 saturated carbocycles. The van der Waals surface area contributed by atoms with Gasteiger partial charge in [-0.2, -0.15) is 0 Å². The van der Waals surface area contributed by atoms with E-state index in [4.69, 9.17) is 56.0 Å². The van der Waals surface area contributed by atoms with Crippen LogP contribution in [0.4, 0.5) is 0 Å². The Hall–Kier alpha value is -1.51. The summed E-state index contributed by atoms with van der Waals surface area (Å²) in [6.45, 7) is 64.1. The van der Waals surface area contributed by atoms with Crippen molar-refractivity contribution in [3.63, 3.8) is 0 Å². The second kappa shape index (κ2) is 69.3. The van der Waals surface area contributed by atoms with Gasteiger partial charge in [0.2, 0.25) is 0 Å². The Labute approximate surface area is 329 Å². The van der Waals surface area contributed by atoms with Gasteiger partial charge in [-0.05, 0) is 26.0 Å². The van der Waals surface area contributed by atoms with Crippen molar-refractivity contribution in [3.8, 4) is 0 Å². The minimum absolute atomic E-state index is 0. The number of hydrogen-bond acceptors (Lipinski definition) is 4. The fourth-order valence-corrected chi connectivity index (χ4v) is 30.5.